The molecular weight excluding hydrogens is 410 g/mol. The van der Waals surface area contributed by atoms with E-state index in [1.807, 2.05) is 53.4 Å². The molecule has 5 nitrogen and oxygen atoms in total. The van der Waals surface area contributed by atoms with Crippen LogP contribution in [0.3, 0.4) is 0 Å². The number of rotatable bonds is 5. The molecule has 3 aromatic carbocycles. The van der Waals surface area contributed by atoms with Crippen LogP contribution in [0.2, 0.25) is 5.02 Å². The summed E-state index contributed by atoms with van der Waals surface area (Å²) in [4.78, 5) is 15.2. The molecule has 0 radical (unpaired) electrons. The molecule has 5 rings (SSSR count). The van der Waals surface area contributed by atoms with Crippen LogP contribution in [0.5, 0.6) is 5.75 Å². The Kier molecular flexibility index (Phi) is 4.96. The third-order valence-electron chi connectivity index (χ3n) is 5.67. The number of phenols is 1. The van der Waals surface area contributed by atoms with E-state index in [0.29, 0.717) is 28.5 Å². The molecule has 0 fully saturated rings. The van der Waals surface area contributed by atoms with Crippen LogP contribution >= 0.6 is 11.6 Å². The number of carbonyl (C=O) groups excluding carboxylic acids is 1. The van der Waals surface area contributed by atoms with Crippen molar-refractivity contribution in [3.05, 3.63) is 106 Å². The fourth-order valence-electron chi connectivity index (χ4n) is 4.22. The molecule has 0 spiro atoms. The van der Waals surface area contributed by atoms with Crippen molar-refractivity contribution >= 4 is 17.5 Å². The molecule has 0 saturated heterocycles. The van der Waals surface area contributed by atoms with E-state index < -0.39 is 0 Å². The topological polar surface area (TPSA) is 69.2 Å². The van der Waals surface area contributed by atoms with Gasteiger partial charge in [-0.25, -0.2) is 0 Å². The molecule has 31 heavy (non-hydrogen) atoms. The summed E-state index contributed by atoms with van der Waals surface area (Å²) in [6.07, 6.45) is 0.729. The van der Waals surface area contributed by atoms with Gasteiger partial charge in [0.15, 0.2) is 0 Å². The van der Waals surface area contributed by atoms with Gasteiger partial charge in [0.1, 0.15) is 17.1 Å². The number of nitrogens with zero attached hydrogens (tertiary/aromatic N) is 2. The molecule has 1 unspecified atom stereocenters. The molecule has 0 bridgehead atoms. The first-order valence-electron chi connectivity index (χ1n) is 10.1. The van der Waals surface area contributed by atoms with Crippen molar-refractivity contribution in [2.45, 2.75) is 12.5 Å². The molecule has 2 heterocycles. The van der Waals surface area contributed by atoms with Crippen LogP contribution in [-0.2, 0) is 6.42 Å². The molecule has 1 aliphatic heterocycles. The summed E-state index contributed by atoms with van der Waals surface area (Å²) in [6, 6.07) is 24.3. The fraction of sp³-hybridized carbons (Fsp3) is 0.120. The number of halogens is 1. The van der Waals surface area contributed by atoms with Crippen molar-refractivity contribution in [3.63, 3.8) is 0 Å². The summed E-state index contributed by atoms with van der Waals surface area (Å²) in [6.45, 7) is 0.544. The monoisotopic (exact) mass is 429 g/mol. The molecule has 154 valence electrons. The van der Waals surface area contributed by atoms with Gasteiger partial charge in [-0.15, -0.1) is 0 Å². The number of carbonyl (C=O) groups is 1. The van der Waals surface area contributed by atoms with Crippen molar-refractivity contribution in [2.24, 2.45) is 0 Å². The predicted octanol–water partition coefficient (Wildman–Crippen LogP) is 5.22. The molecule has 1 atom stereocenters. The smallest absolute Gasteiger partial charge is 0.273 e. The van der Waals surface area contributed by atoms with Gasteiger partial charge in [0, 0.05) is 22.7 Å². The van der Waals surface area contributed by atoms with Crippen LogP contribution in [0, 0.1) is 0 Å². The predicted molar refractivity (Wildman–Crippen MR) is 120 cm³/mol. The van der Waals surface area contributed by atoms with E-state index in [-0.39, 0.29) is 17.7 Å². The number of nitrogens with one attached hydrogen (secondary N) is 1. The van der Waals surface area contributed by atoms with Gasteiger partial charge in [-0.2, -0.15) is 5.10 Å². The summed E-state index contributed by atoms with van der Waals surface area (Å²) < 4.78 is 0. The van der Waals surface area contributed by atoms with Crippen molar-refractivity contribution in [3.8, 4) is 17.0 Å². The van der Waals surface area contributed by atoms with Gasteiger partial charge < -0.3 is 10.0 Å². The second-order valence-electron chi connectivity index (χ2n) is 7.57. The largest absolute Gasteiger partial charge is 0.507 e. The van der Waals surface area contributed by atoms with Crippen molar-refractivity contribution in [2.75, 3.05) is 6.54 Å². The first kappa shape index (κ1) is 19.4. The molecule has 1 amide bonds. The zero-order valence-electron chi connectivity index (χ0n) is 16.6. The summed E-state index contributed by atoms with van der Waals surface area (Å²) in [7, 11) is 0. The lowest BCUT2D eigenvalue weighted by atomic mass is 9.95. The van der Waals surface area contributed by atoms with Crippen LogP contribution in [0.25, 0.3) is 11.3 Å². The van der Waals surface area contributed by atoms with E-state index in [0.717, 1.165) is 23.1 Å². The Hall–Kier alpha value is -3.57. The number of H-pyrrole nitrogens is 1. The number of amides is 1. The zero-order valence-corrected chi connectivity index (χ0v) is 17.4. The number of fused-ring (bicyclic) bond motifs is 1. The standard InChI is InChI=1S/C25H20ClN3O2/c26-18-10-6-9-17(15-18)24-21-22(19-11-4-5-12-20(19)30)27-28-23(21)25(31)29(24)14-13-16-7-2-1-3-8-16/h1-12,15,24,30H,13-14H2,(H,27,28). The average Bonchev–Trinajstić information content (AvgIpc) is 3.32. The number of aromatic hydroxyl groups is 1. The lowest BCUT2D eigenvalue weighted by Crippen LogP contribution is -2.31. The molecule has 0 saturated carbocycles. The van der Waals surface area contributed by atoms with Crippen LogP contribution in [0.1, 0.15) is 33.2 Å². The van der Waals surface area contributed by atoms with Gasteiger partial charge in [0.05, 0.1) is 6.04 Å². The minimum atomic E-state index is -0.349. The van der Waals surface area contributed by atoms with Gasteiger partial charge in [0.2, 0.25) is 0 Å². The maximum absolute atomic E-state index is 13.4. The van der Waals surface area contributed by atoms with Gasteiger partial charge in [0.25, 0.3) is 5.91 Å². The summed E-state index contributed by atoms with van der Waals surface area (Å²) in [5, 5.41) is 18.4. The molecule has 1 aliphatic rings. The van der Waals surface area contributed by atoms with Crippen LogP contribution in [0.4, 0.5) is 0 Å². The summed E-state index contributed by atoms with van der Waals surface area (Å²) in [5.74, 6) is 0.0157. The normalized spacial score (nSPS) is 15.3. The van der Waals surface area contributed by atoms with E-state index in [2.05, 4.69) is 22.3 Å². The quantitative estimate of drug-likeness (QED) is 0.456. The second-order valence-corrected chi connectivity index (χ2v) is 8.01. The summed E-state index contributed by atoms with van der Waals surface area (Å²) in [5.41, 5.74) is 4.46. The lowest BCUT2D eigenvalue weighted by Gasteiger charge is -2.26. The molecule has 2 N–H and O–H groups in total. The zero-order chi connectivity index (χ0) is 21.4. The first-order valence-corrected chi connectivity index (χ1v) is 10.5. The second kappa shape index (κ2) is 7.93. The molecule has 6 heteroatoms. The van der Waals surface area contributed by atoms with Crippen LogP contribution in [0.15, 0.2) is 78.9 Å². The van der Waals surface area contributed by atoms with Crippen molar-refractivity contribution in [1.29, 1.82) is 0 Å². The first-order chi connectivity index (χ1) is 15.1. The third kappa shape index (κ3) is 3.47. The minimum Gasteiger partial charge on any atom is -0.507 e. The molecule has 4 aromatic rings. The molecule has 0 aliphatic carbocycles. The van der Waals surface area contributed by atoms with Gasteiger partial charge in [-0.3, -0.25) is 9.89 Å². The number of phenolic OH excluding ortho intramolecular Hbond substituents is 1. The number of hydrogen-bond acceptors (Lipinski definition) is 3. The Labute approximate surface area is 184 Å². The Balaban J connectivity index is 1.61. The number of para-hydroxylation sites is 1. The summed E-state index contributed by atoms with van der Waals surface area (Å²) >= 11 is 6.30. The highest BCUT2D eigenvalue weighted by Crippen LogP contribution is 2.44. The van der Waals surface area contributed by atoms with Gasteiger partial charge in [-0.1, -0.05) is 66.2 Å². The van der Waals surface area contributed by atoms with Gasteiger partial charge in [-0.05, 0) is 41.8 Å². The Bertz CT molecular complexity index is 1250. The van der Waals surface area contributed by atoms with E-state index in [9.17, 15) is 9.90 Å². The highest BCUT2D eigenvalue weighted by molar-refractivity contribution is 6.30. The number of aromatic nitrogens is 2. The maximum Gasteiger partial charge on any atom is 0.273 e. The van der Waals surface area contributed by atoms with E-state index in [1.54, 1.807) is 18.2 Å². The highest BCUT2D eigenvalue weighted by Gasteiger charge is 2.42. The number of aromatic amines is 1. The van der Waals surface area contributed by atoms with E-state index in [1.165, 1.54) is 0 Å². The highest BCUT2D eigenvalue weighted by atomic mass is 35.5. The minimum absolute atomic E-state index is 0.106. The van der Waals surface area contributed by atoms with Gasteiger partial charge >= 0.3 is 0 Å². The lowest BCUT2D eigenvalue weighted by molar-refractivity contribution is 0.0746. The Morgan fingerprint density at radius 1 is 1.00 bits per heavy atom. The van der Waals surface area contributed by atoms with Crippen molar-refractivity contribution in [1.82, 2.24) is 15.1 Å². The average molecular weight is 430 g/mol. The third-order valence-corrected chi connectivity index (χ3v) is 5.91. The van der Waals surface area contributed by atoms with Crippen molar-refractivity contribution < 1.29 is 9.90 Å². The van der Waals surface area contributed by atoms with Crippen LogP contribution < -0.4 is 0 Å². The van der Waals surface area contributed by atoms with E-state index >= 15 is 0 Å². The number of benzene rings is 3. The number of hydrogen-bond donors (Lipinski definition) is 2. The SMILES string of the molecule is O=C1c2[nH]nc(-c3ccccc3O)c2C(c2cccc(Cl)c2)N1CCc1ccccc1. The fourth-order valence-corrected chi connectivity index (χ4v) is 4.42. The van der Waals surface area contributed by atoms with Crippen LogP contribution in [-0.4, -0.2) is 32.7 Å². The Morgan fingerprint density at radius 2 is 1.77 bits per heavy atom. The molecular formula is C25H20ClN3O2. The Morgan fingerprint density at radius 3 is 2.55 bits per heavy atom. The maximum atomic E-state index is 13.4. The molecule has 1 aromatic heterocycles. The van der Waals surface area contributed by atoms with E-state index in [4.69, 9.17) is 11.6 Å².